The van der Waals surface area contributed by atoms with Crippen molar-refractivity contribution >= 4 is 0 Å². The van der Waals surface area contributed by atoms with E-state index >= 15 is 0 Å². The van der Waals surface area contributed by atoms with Crippen LogP contribution in [0.25, 0.3) is 11.6 Å². The summed E-state index contributed by atoms with van der Waals surface area (Å²) in [6.07, 6.45) is 1.58. The van der Waals surface area contributed by atoms with E-state index in [-0.39, 0.29) is 0 Å². The fraction of sp³-hybridized carbons (Fsp3) is 0.333. The maximum absolute atomic E-state index is 5.38. The summed E-state index contributed by atoms with van der Waals surface area (Å²) in [6.45, 7) is 3.29. The zero-order chi connectivity index (χ0) is 17.8. The molecule has 0 unspecified atom stereocenters. The minimum atomic E-state index is 0.454. The number of methoxy groups -OCH3 is 2. The predicted molar refractivity (Wildman–Crippen MR) is 91.5 cm³/mol. The van der Waals surface area contributed by atoms with E-state index in [1.54, 1.807) is 32.6 Å². The average molecular weight is 343 g/mol. The summed E-state index contributed by atoms with van der Waals surface area (Å²) >= 11 is 0. The van der Waals surface area contributed by atoms with Crippen molar-refractivity contribution in [1.29, 1.82) is 0 Å². The van der Waals surface area contributed by atoms with Crippen molar-refractivity contribution in [1.82, 2.24) is 15.0 Å². The number of hydrogen-bond donors (Lipinski definition) is 0. The summed E-state index contributed by atoms with van der Waals surface area (Å²) in [6, 6.07) is 7.55. The SMILES string of the molecule is COc1cc(C)c(CN(C)Cc2nc(-c3ccco3)no2)cc1OC. The van der Waals surface area contributed by atoms with E-state index in [0.717, 1.165) is 22.6 Å². The first-order valence-corrected chi connectivity index (χ1v) is 7.87. The van der Waals surface area contributed by atoms with E-state index in [1.807, 2.05) is 26.1 Å². The van der Waals surface area contributed by atoms with Crippen LogP contribution in [-0.2, 0) is 13.1 Å². The Morgan fingerprint density at radius 3 is 2.56 bits per heavy atom. The molecule has 2 heterocycles. The number of hydrogen-bond acceptors (Lipinski definition) is 7. The Labute approximate surface area is 146 Å². The molecule has 0 aliphatic heterocycles. The Hall–Kier alpha value is -2.80. The number of ether oxygens (including phenoxy) is 2. The highest BCUT2D eigenvalue weighted by Gasteiger charge is 2.14. The Kier molecular flexibility index (Phi) is 5.04. The molecule has 0 radical (unpaired) electrons. The Morgan fingerprint density at radius 1 is 1.12 bits per heavy atom. The summed E-state index contributed by atoms with van der Waals surface area (Å²) in [4.78, 5) is 6.45. The van der Waals surface area contributed by atoms with Gasteiger partial charge in [0, 0.05) is 6.54 Å². The molecule has 0 spiro atoms. The summed E-state index contributed by atoms with van der Waals surface area (Å²) in [5.74, 6) is 3.02. The molecule has 0 aliphatic rings. The Balaban J connectivity index is 1.69. The minimum absolute atomic E-state index is 0.454. The van der Waals surface area contributed by atoms with E-state index in [9.17, 15) is 0 Å². The minimum Gasteiger partial charge on any atom is -0.493 e. The van der Waals surface area contributed by atoms with Gasteiger partial charge in [0.1, 0.15) is 0 Å². The van der Waals surface area contributed by atoms with Crippen molar-refractivity contribution in [2.24, 2.45) is 0 Å². The first-order chi connectivity index (χ1) is 12.1. The lowest BCUT2D eigenvalue weighted by molar-refractivity contribution is 0.260. The average Bonchev–Trinajstić information content (AvgIpc) is 3.27. The largest absolute Gasteiger partial charge is 0.493 e. The number of benzene rings is 1. The number of nitrogens with zero attached hydrogens (tertiary/aromatic N) is 3. The number of rotatable bonds is 7. The van der Waals surface area contributed by atoms with Crippen LogP contribution in [-0.4, -0.2) is 36.3 Å². The second-order valence-electron chi connectivity index (χ2n) is 5.79. The van der Waals surface area contributed by atoms with E-state index in [4.69, 9.17) is 18.4 Å². The summed E-state index contributed by atoms with van der Waals surface area (Å²) in [5, 5.41) is 3.94. The number of furan rings is 1. The highest BCUT2D eigenvalue weighted by molar-refractivity contribution is 5.47. The number of aromatic nitrogens is 2. The lowest BCUT2D eigenvalue weighted by Gasteiger charge is -2.18. The third kappa shape index (κ3) is 3.83. The zero-order valence-electron chi connectivity index (χ0n) is 14.8. The highest BCUT2D eigenvalue weighted by atomic mass is 16.5. The van der Waals surface area contributed by atoms with Gasteiger partial charge in [-0.1, -0.05) is 5.16 Å². The quantitative estimate of drug-likeness (QED) is 0.651. The maximum atomic E-state index is 5.38. The Morgan fingerprint density at radius 2 is 1.88 bits per heavy atom. The highest BCUT2D eigenvalue weighted by Crippen LogP contribution is 2.30. The molecule has 2 aromatic heterocycles. The molecule has 0 N–H and O–H groups in total. The van der Waals surface area contributed by atoms with Crippen LogP contribution in [0.15, 0.2) is 39.5 Å². The molecule has 7 nitrogen and oxygen atoms in total. The molecule has 25 heavy (non-hydrogen) atoms. The third-order valence-corrected chi connectivity index (χ3v) is 3.90. The van der Waals surface area contributed by atoms with Crippen molar-refractivity contribution < 1.29 is 18.4 Å². The van der Waals surface area contributed by atoms with Gasteiger partial charge in [0.05, 0.1) is 27.0 Å². The van der Waals surface area contributed by atoms with Gasteiger partial charge < -0.3 is 18.4 Å². The first kappa shape index (κ1) is 17.0. The Bertz CT molecular complexity index is 827. The predicted octanol–water partition coefficient (Wildman–Crippen LogP) is 3.29. The van der Waals surface area contributed by atoms with Crippen molar-refractivity contribution in [2.75, 3.05) is 21.3 Å². The van der Waals surface area contributed by atoms with Crippen molar-refractivity contribution in [2.45, 2.75) is 20.0 Å². The standard InChI is InChI=1S/C18H21N3O4/c1-12-8-15(22-3)16(23-4)9-13(12)10-21(2)11-17-19-18(20-25-17)14-6-5-7-24-14/h5-9H,10-11H2,1-4H3. The topological polar surface area (TPSA) is 73.8 Å². The molecule has 0 saturated carbocycles. The molecular weight excluding hydrogens is 322 g/mol. The molecular formula is C18H21N3O4. The van der Waals surface area contributed by atoms with Gasteiger partial charge in [-0.15, -0.1) is 0 Å². The van der Waals surface area contributed by atoms with E-state index < -0.39 is 0 Å². The molecule has 7 heteroatoms. The van der Waals surface area contributed by atoms with Crippen molar-refractivity contribution in [3.63, 3.8) is 0 Å². The fourth-order valence-electron chi connectivity index (χ4n) is 2.60. The summed E-state index contributed by atoms with van der Waals surface area (Å²) in [5.41, 5.74) is 2.28. The first-order valence-electron chi connectivity index (χ1n) is 7.87. The maximum Gasteiger partial charge on any atom is 0.241 e. The second kappa shape index (κ2) is 7.40. The van der Waals surface area contributed by atoms with Crippen molar-refractivity contribution in [3.05, 3.63) is 47.5 Å². The molecule has 0 atom stereocenters. The number of aryl methyl sites for hydroxylation is 1. The molecule has 0 bridgehead atoms. The van der Waals surface area contributed by atoms with Crippen LogP contribution in [0.1, 0.15) is 17.0 Å². The van der Waals surface area contributed by atoms with E-state index in [1.165, 1.54) is 0 Å². The van der Waals surface area contributed by atoms with Crippen LogP contribution < -0.4 is 9.47 Å². The molecule has 0 amide bonds. The van der Waals surface area contributed by atoms with Gasteiger partial charge in [-0.3, -0.25) is 4.90 Å². The van der Waals surface area contributed by atoms with Gasteiger partial charge >= 0.3 is 0 Å². The molecule has 3 rings (SSSR count). The molecule has 0 aliphatic carbocycles. The van der Waals surface area contributed by atoms with E-state index in [0.29, 0.717) is 30.6 Å². The van der Waals surface area contributed by atoms with E-state index in [2.05, 4.69) is 15.0 Å². The second-order valence-corrected chi connectivity index (χ2v) is 5.79. The smallest absolute Gasteiger partial charge is 0.241 e. The lowest BCUT2D eigenvalue weighted by atomic mass is 10.1. The molecule has 0 saturated heterocycles. The molecule has 132 valence electrons. The summed E-state index contributed by atoms with van der Waals surface area (Å²) < 4.78 is 21.3. The normalized spacial score (nSPS) is 11.1. The molecule has 3 aromatic rings. The van der Waals surface area contributed by atoms with Gasteiger partial charge in [0.2, 0.25) is 11.7 Å². The lowest BCUT2D eigenvalue weighted by Crippen LogP contribution is -2.18. The monoisotopic (exact) mass is 343 g/mol. The van der Waals surface area contributed by atoms with Crippen LogP contribution in [0.2, 0.25) is 0 Å². The van der Waals surface area contributed by atoms with Gasteiger partial charge in [-0.2, -0.15) is 4.98 Å². The fourth-order valence-corrected chi connectivity index (χ4v) is 2.60. The van der Waals surface area contributed by atoms with Crippen LogP contribution in [0.4, 0.5) is 0 Å². The zero-order valence-corrected chi connectivity index (χ0v) is 14.8. The molecule has 1 aromatic carbocycles. The third-order valence-electron chi connectivity index (χ3n) is 3.90. The van der Waals surface area contributed by atoms with Crippen molar-refractivity contribution in [3.8, 4) is 23.1 Å². The van der Waals surface area contributed by atoms with Crippen LogP contribution in [0, 0.1) is 6.92 Å². The van der Waals surface area contributed by atoms with Crippen LogP contribution in [0.5, 0.6) is 11.5 Å². The molecule has 0 fully saturated rings. The summed E-state index contributed by atoms with van der Waals surface area (Å²) in [7, 11) is 5.26. The van der Waals surface area contributed by atoms with Gasteiger partial charge in [0.15, 0.2) is 17.3 Å². The van der Waals surface area contributed by atoms with Crippen LogP contribution in [0.3, 0.4) is 0 Å². The van der Waals surface area contributed by atoms with Gasteiger partial charge in [-0.25, -0.2) is 0 Å². The van der Waals surface area contributed by atoms with Crippen LogP contribution >= 0.6 is 0 Å². The van der Waals surface area contributed by atoms with Gasteiger partial charge in [0.25, 0.3) is 0 Å². The van der Waals surface area contributed by atoms with Gasteiger partial charge in [-0.05, 0) is 49.4 Å².